The van der Waals surface area contributed by atoms with E-state index < -0.39 is 0 Å². The van der Waals surface area contributed by atoms with Crippen molar-refractivity contribution in [3.05, 3.63) is 28.0 Å². The van der Waals surface area contributed by atoms with Crippen molar-refractivity contribution in [3.63, 3.8) is 0 Å². The van der Waals surface area contributed by atoms with E-state index in [1.807, 2.05) is 20.8 Å². The van der Waals surface area contributed by atoms with Crippen molar-refractivity contribution in [1.82, 2.24) is 19.7 Å². The number of aryl methyl sites for hydroxylation is 1. The predicted molar refractivity (Wildman–Crippen MR) is 98.6 cm³/mol. The summed E-state index contributed by atoms with van der Waals surface area (Å²) in [4.78, 5) is 31.7. The second kappa shape index (κ2) is 7.45. The van der Waals surface area contributed by atoms with Crippen LogP contribution in [0.15, 0.2) is 6.07 Å². The van der Waals surface area contributed by atoms with Gasteiger partial charge < -0.3 is 9.64 Å². The van der Waals surface area contributed by atoms with E-state index in [2.05, 4.69) is 15.4 Å². The van der Waals surface area contributed by atoms with Crippen molar-refractivity contribution in [2.24, 2.45) is 0 Å². The molecule has 9 heteroatoms. The SMILES string of the molecule is CCOC(=O)N1CCc2nc(NC(=O)c3cc(C)nn3C(C)C)sc2C1. The molecule has 0 unspecified atom stereocenters. The standard InChI is InChI=1S/C17H23N5O3S/c1-5-25-17(24)21-7-6-12-14(9-21)26-16(18-12)19-15(23)13-8-11(4)20-22(13)10(2)3/h8,10H,5-7,9H2,1-4H3,(H,18,19,23). The van der Waals surface area contributed by atoms with Gasteiger partial charge in [0.1, 0.15) is 5.69 Å². The number of carbonyl (C=O) groups excluding carboxylic acids is 2. The minimum Gasteiger partial charge on any atom is -0.450 e. The molecule has 0 aliphatic carbocycles. The highest BCUT2D eigenvalue weighted by Crippen LogP contribution is 2.29. The summed E-state index contributed by atoms with van der Waals surface area (Å²) in [6, 6.07) is 1.86. The normalized spacial score (nSPS) is 13.7. The third-order valence-corrected chi connectivity index (χ3v) is 5.06. The van der Waals surface area contributed by atoms with Crippen molar-refractivity contribution in [1.29, 1.82) is 0 Å². The predicted octanol–water partition coefficient (Wildman–Crippen LogP) is 3.00. The molecule has 26 heavy (non-hydrogen) atoms. The highest BCUT2D eigenvalue weighted by Gasteiger charge is 2.26. The van der Waals surface area contributed by atoms with Gasteiger partial charge in [-0.2, -0.15) is 5.10 Å². The topological polar surface area (TPSA) is 89.3 Å². The summed E-state index contributed by atoms with van der Waals surface area (Å²) in [7, 11) is 0. The van der Waals surface area contributed by atoms with Crippen LogP contribution in [0.4, 0.5) is 9.93 Å². The van der Waals surface area contributed by atoms with E-state index in [1.165, 1.54) is 11.3 Å². The number of hydrogen-bond acceptors (Lipinski definition) is 6. The smallest absolute Gasteiger partial charge is 0.410 e. The summed E-state index contributed by atoms with van der Waals surface area (Å²) >= 11 is 1.40. The van der Waals surface area contributed by atoms with E-state index in [4.69, 9.17) is 4.74 Å². The van der Waals surface area contributed by atoms with Crippen molar-refractivity contribution < 1.29 is 14.3 Å². The first-order valence-corrected chi connectivity index (χ1v) is 9.48. The molecule has 3 heterocycles. The van der Waals surface area contributed by atoms with Crippen LogP contribution in [0.3, 0.4) is 0 Å². The van der Waals surface area contributed by atoms with Crippen LogP contribution in [0, 0.1) is 6.92 Å². The molecule has 2 amide bonds. The van der Waals surface area contributed by atoms with Crippen LogP contribution >= 0.6 is 11.3 Å². The Labute approximate surface area is 156 Å². The average molecular weight is 377 g/mol. The minimum absolute atomic E-state index is 0.0899. The Morgan fingerprint density at radius 1 is 1.42 bits per heavy atom. The van der Waals surface area contributed by atoms with Gasteiger partial charge in [-0.1, -0.05) is 11.3 Å². The molecule has 8 nitrogen and oxygen atoms in total. The van der Waals surface area contributed by atoms with Crippen LogP contribution in [0.5, 0.6) is 0 Å². The molecule has 0 saturated heterocycles. The highest BCUT2D eigenvalue weighted by atomic mass is 32.1. The number of nitrogens with one attached hydrogen (secondary N) is 1. The van der Waals surface area contributed by atoms with Gasteiger partial charge in [-0.25, -0.2) is 9.78 Å². The number of rotatable bonds is 4. The molecule has 0 atom stereocenters. The van der Waals surface area contributed by atoms with E-state index in [1.54, 1.807) is 22.6 Å². The van der Waals surface area contributed by atoms with Gasteiger partial charge in [0.05, 0.1) is 24.5 Å². The van der Waals surface area contributed by atoms with Gasteiger partial charge in [-0.3, -0.25) is 14.8 Å². The Balaban J connectivity index is 1.73. The third-order valence-electron chi connectivity index (χ3n) is 4.06. The number of aromatic nitrogens is 3. The fourth-order valence-corrected chi connectivity index (χ4v) is 3.88. The Bertz CT molecular complexity index is 826. The maximum atomic E-state index is 12.6. The fourth-order valence-electron chi connectivity index (χ4n) is 2.86. The molecule has 0 bridgehead atoms. The second-order valence-electron chi connectivity index (χ2n) is 6.42. The third kappa shape index (κ3) is 3.72. The van der Waals surface area contributed by atoms with E-state index in [0.29, 0.717) is 36.9 Å². The number of hydrogen-bond donors (Lipinski definition) is 1. The number of carbonyl (C=O) groups is 2. The largest absolute Gasteiger partial charge is 0.450 e. The maximum Gasteiger partial charge on any atom is 0.410 e. The molecule has 0 fully saturated rings. The van der Waals surface area contributed by atoms with Crippen LogP contribution < -0.4 is 5.32 Å². The summed E-state index contributed by atoms with van der Waals surface area (Å²) < 4.78 is 6.76. The van der Waals surface area contributed by atoms with Crippen molar-refractivity contribution in [2.45, 2.75) is 46.7 Å². The maximum absolute atomic E-state index is 12.6. The van der Waals surface area contributed by atoms with Gasteiger partial charge in [0.15, 0.2) is 5.13 Å². The van der Waals surface area contributed by atoms with Gasteiger partial charge in [-0.15, -0.1) is 0 Å². The second-order valence-corrected chi connectivity index (χ2v) is 7.51. The summed E-state index contributed by atoms with van der Waals surface area (Å²) in [6.07, 6.45) is 0.345. The monoisotopic (exact) mass is 377 g/mol. The molecule has 1 N–H and O–H groups in total. The van der Waals surface area contributed by atoms with Crippen molar-refractivity contribution in [2.75, 3.05) is 18.5 Å². The number of anilines is 1. The highest BCUT2D eigenvalue weighted by molar-refractivity contribution is 7.15. The quantitative estimate of drug-likeness (QED) is 0.885. The minimum atomic E-state index is -0.312. The molecule has 0 spiro atoms. The molecule has 0 saturated carbocycles. The number of ether oxygens (including phenoxy) is 1. The van der Waals surface area contributed by atoms with Gasteiger partial charge in [0.25, 0.3) is 5.91 Å². The Morgan fingerprint density at radius 3 is 2.88 bits per heavy atom. The van der Waals surface area contributed by atoms with E-state index in [-0.39, 0.29) is 18.0 Å². The van der Waals surface area contributed by atoms with Crippen LogP contribution in [0.2, 0.25) is 0 Å². The average Bonchev–Trinajstić information content (AvgIpc) is 3.17. The zero-order valence-corrected chi connectivity index (χ0v) is 16.2. The fraction of sp³-hybridized carbons (Fsp3) is 0.529. The van der Waals surface area contributed by atoms with Crippen LogP contribution in [-0.2, 0) is 17.7 Å². The van der Waals surface area contributed by atoms with E-state index >= 15 is 0 Å². The van der Waals surface area contributed by atoms with Crippen LogP contribution in [0.1, 0.15) is 53.6 Å². The van der Waals surface area contributed by atoms with Gasteiger partial charge >= 0.3 is 6.09 Å². The summed E-state index contributed by atoms with van der Waals surface area (Å²) in [5.41, 5.74) is 2.24. The lowest BCUT2D eigenvalue weighted by Gasteiger charge is -2.24. The number of fused-ring (bicyclic) bond motifs is 1. The van der Waals surface area contributed by atoms with Crippen LogP contribution in [0.25, 0.3) is 0 Å². The molecule has 0 aromatic carbocycles. The lowest BCUT2D eigenvalue weighted by atomic mass is 10.2. The molecular weight excluding hydrogens is 354 g/mol. The molecule has 0 radical (unpaired) electrons. The van der Waals surface area contributed by atoms with Gasteiger partial charge in [-0.05, 0) is 33.8 Å². The first-order valence-electron chi connectivity index (χ1n) is 8.66. The van der Waals surface area contributed by atoms with Crippen molar-refractivity contribution in [3.8, 4) is 0 Å². The van der Waals surface area contributed by atoms with Crippen LogP contribution in [-0.4, -0.2) is 44.8 Å². The zero-order valence-electron chi connectivity index (χ0n) is 15.4. The molecule has 3 rings (SSSR count). The van der Waals surface area contributed by atoms with E-state index in [9.17, 15) is 9.59 Å². The lowest BCUT2D eigenvalue weighted by Crippen LogP contribution is -2.35. The van der Waals surface area contributed by atoms with E-state index in [0.717, 1.165) is 16.3 Å². The molecule has 1 aliphatic rings. The van der Waals surface area contributed by atoms with Gasteiger partial charge in [0, 0.05) is 23.9 Å². The lowest BCUT2D eigenvalue weighted by molar-refractivity contribution is 0.101. The molecule has 1 aliphatic heterocycles. The zero-order chi connectivity index (χ0) is 18.8. The summed E-state index contributed by atoms with van der Waals surface area (Å²) in [6.45, 7) is 9.01. The first-order chi connectivity index (χ1) is 12.4. The number of amides is 2. The molecule has 2 aromatic heterocycles. The first kappa shape index (κ1) is 18.4. The summed E-state index contributed by atoms with van der Waals surface area (Å²) in [5.74, 6) is -0.229. The summed E-state index contributed by atoms with van der Waals surface area (Å²) in [5, 5.41) is 7.77. The Hall–Kier alpha value is -2.42. The molecule has 2 aromatic rings. The Kier molecular flexibility index (Phi) is 5.26. The number of nitrogens with zero attached hydrogens (tertiary/aromatic N) is 4. The molecular formula is C17H23N5O3S. The van der Waals surface area contributed by atoms with Gasteiger partial charge in [0.2, 0.25) is 0 Å². The Morgan fingerprint density at radius 2 is 2.19 bits per heavy atom. The van der Waals surface area contributed by atoms with Crippen molar-refractivity contribution >= 4 is 28.5 Å². The molecule has 140 valence electrons. The number of thiazole rings is 1.